The monoisotopic (exact) mass is 288 g/mol. The fourth-order valence-electron chi connectivity index (χ4n) is 1.51. The van der Waals surface area contributed by atoms with E-state index in [-0.39, 0.29) is 5.75 Å². The van der Waals surface area contributed by atoms with E-state index in [2.05, 4.69) is 10.0 Å². The van der Waals surface area contributed by atoms with E-state index in [1.54, 1.807) is 6.07 Å². The normalized spacial score (nSPS) is 11.4. The summed E-state index contributed by atoms with van der Waals surface area (Å²) < 4.78 is 26.4. The van der Waals surface area contributed by atoms with Crippen LogP contribution in [0.5, 0.6) is 0 Å². The summed E-state index contributed by atoms with van der Waals surface area (Å²) in [6, 6.07) is 7.42. The molecule has 1 rings (SSSR count). The summed E-state index contributed by atoms with van der Waals surface area (Å²) in [7, 11) is -3.25. The molecule has 0 radical (unpaired) electrons. The van der Waals surface area contributed by atoms with Crippen molar-refractivity contribution in [2.75, 3.05) is 29.8 Å². The molecular weight excluding hydrogens is 268 g/mol. The van der Waals surface area contributed by atoms with Crippen molar-refractivity contribution in [3.05, 3.63) is 24.3 Å². The second-order valence-corrected chi connectivity index (χ2v) is 6.52. The van der Waals surface area contributed by atoms with Crippen LogP contribution in [0.1, 0.15) is 13.3 Å². The summed E-state index contributed by atoms with van der Waals surface area (Å²) in [4.78, 5) is 0.938. The third-order valence-corrected chi connectivity index (χ3v) is 4.54. The third-order valence-electron chi connectivity index (χ3n) is 2.39. The van der Waals surface area contributed by atoms with Crippen LogP contribution < -0.4 is 10.0 Å². The Morgan fingerprint density at radius 1 is 1.28 bits per heavy atom. The Morgan fingerprint density at radius 3 is 2.67 bits per heavy atom. The van der Waals surface area contributed by atoms with Crippen LogP contribution >= 0.6 is 11.8 Å². The highest BCUT2D eigenvalue weighted by molar-refractivity contribution is 7.99. The van der Waals surface area contributed by atoms with Gasteiger partial charge in [-0.05, 0) is 37.9 Å². The van der Waals surface area contributed by atoms with Crippen molar-refractivity contribution in [2.45, 2.75) is 18.2 Å². The zero-order valence-electron chi connectivity index (χ0n) is 10.8. The van der Waals surface area contributed by atoms with Gasteiger partial charge in [0.15, 0.2) is 0 Å². The predicted octanol–water partition coefficient (Wildman–Crippen LogP) is 2.15. The predicted molar refractivity (Wildman–Crippen MR) is 78.8 cm³/mol. The van der Waals surface area contributed by atoms with Gasteiger partial charge in [0.25, 0.3) is 0 Å². The van der Waals surface area contributed by atoms with Crippen molar-refractivity contribution in [1.29, 1.82) is 0 Å². The molecule has 0 saturated carbocycles. The number of para-hydroxylation sites is 1. The van der Waals surface area contributed by atoms with Crippen LogP contribution in [-0.2, 0) is 10.0 Å². The Morgan fingerprint density at radius 2 is 2.00 bits per heavy atom. The molecule has 0 fully saturated rings. The van der Waals surface area contributed by atoms with E-state index in [4.69, 9.17) is 0 Å². The summed E-state index contributed by atoms with van der Waals surface area (Å²) in [6.45, 7) is 3.59. The molecule has 0 aliphatic heterocycles. The first kappa shape index (κ1) is 15.3. The molecule has 6 heteroatoms. The van der Waals surface area contributed by atoms with Crippen LogP contribution in [0.4, 0.5) is 5.69 Å². The van der Waals surface area contributed by atoms with Crippen LogP contribution in [0.2, 0.25) is 0 Å². The number of thioether (sulfide) groups is 1. The fourth-order valence-corrected chi connectivity index (χ4v) is 3.27. The summed E-state index contributed by atoms with van der Waals surface area (Å²) in [6.07, 6.45) is 2.54. The Hall–Kier alpha value is -0.720. The number of benzene rings is 1. The van der Waals surface area contributed by atoms with Crippen LogP contribution in [0, 0.1) is 0 Å². The summed E-state index contributed by atoms with van der Waals surface area (Å²) in [5, 5.41) is 3.11. The maximum atomic E-state index is 11.9. The van der Waals surface area contributed by atoms with Gasteiger partial charge in [0.05, 0.1) is 11.4 Å². The first-order chi connectivity index (χ1) is 8.59. The number of hydrogen-bond acceptors (Lipinski definition) is 4. The summed E-state index contributed by atoms with van der Waals surface area (Å²) >= 11 is 1.53. The van der Waals surface area contributed by atoms with Gasteiger partial charge in [0, 0.05) is 4.90 Å². The second kappa shape index (κ2) is 7.66. The molecule has 0 aliphatic carbocycles. The highest BCUT2D eigenvalue weighted by Gasteiger charge is 2.11. The standard InChI is InChI=1S/C12H20N2O2S2/c1-3-13-9-6-10-18(15,16)14-11-7-4-5-8-12(11)17-2/h4-5,7-8,13-14H,3,6,9-10H2,1-2H3. The van der Waals surface area contributed by atoms with Crippen LogP contribution in [0.3, 0.4) is 0 Å². The lowest BCUT2D eigenvalue weighted by molar-refractivity contribution is 0.595. The van der Waals surface area contributed by atoms with Crippen molar-refractivity contribution in [3.8, 4) is 0 Å². The Kier molecular flexibility index (Phi) is 6.52. The van der Waals surface area contributed by atoms with Crippen molar-refractivity contribution in [1.82, 2.24) is 5.32 Å². The number of rotatable bonds is 8. The van der Waals surface area contributed by atoms with Crippen molar-refractivity contribution in [2.24, 2.45) is 0 Å². The third kappa shape index (κ3) is 5.29. The van der Waals surface area contributed by atoms with E-state index >= 15 is 0 Å². The zero-order valence-corrected chi connectivity index (χ0v) is 12.4. The van der Waals surface area contributed by atoms with Crippen molar-refractivity contribution < 1.29 is 8.42 Å². The average molecular weight is 288 g/mol. The first-order valence-electron chi connectivity index (χ1n) is 5.93. The molecule has 0 heterocycles. The quantitative estimate of drug-likeness (QED) is 0.568. The van der Waals surface area contributed by atoms with E-state index in [0.29, 0.717) is 12.1 Å². The molecule has 1 aromatic carbocycles. The average Bonchev–Trinajstić information content (AvgIpc) is 2.35. The smallest absolute Gasteiger partial charge is 0.232 e. The minimum absolute atomic E-state index is 0.142. The number of anilines is 1. The Balaban J connectivity index is 2.59. The molecule has 102 valence electrons. The van der Waals surface area contributed by atoms with E-state index in [0.717, 1.165) is 18.0 Å². The van der Waals surface area contributed by atoms with E-state index < -0.39 is 10.0 Å². The number of hydrogen-bond donors (Lipinski definition) is 2. The lowest BCUT2D eigenvalue weighted by Gasteiger charge is -2.11. The molecule has 4 nitrogen and oxygen atoms in total. The van der Waals surface area contributed by atoms with Gasteiger partial charge in [-0.1, -0.05) is 19.1 Å². The lowest BCUT2D eigenvalue weighted by atomic mass is 10.3. The van der Waals surface area contributed by atoms with Crippen molar-refractivity contribution in [3.63, 3.8) is 0 Å². The summed E-state index contributed by atoms with van der Waals surface area (Å²) in [5.41, 5.74) is 0.661. The van der Waals surface area contributed by atoms with Gasteiger partial charge in [-0.15, -0.1) is 11.8 Å². The maximum absolute atomic E-state index is 11.9. The van der Waals surface area contributed by atoms with Gasteiger partial charge in [-0.3, -0.25) is 4.72 Å². The minimum Gasteiger partial charge on any atom is -0.317 e. The van der Waals surface area contributed by atoms with Crippen LogP contribution in [0.15, 0.2) is 29.2 Å². The van der Waals surface area contributed by atoms with Gasteiger partial charge in [0.2, 0.25) is 10.0 Å². The summed E-state index contributed by atoms with van der Waals surface area (Å²) in [5.74, 6) is 0.142. The number of nitrogens with one attached hydrogen (secondary N) is 2. The van der Waals surface area contributed by atoms with Crippen LogP contribution in [-0.4, -0.2) is 33.5 Å². The number of sulfonamides is 1. The zero-order chi connectivity index (χ0) is 13.4. The molecular formula is C12H20N2O2S2. The van der Waals surface area contributed by atoms with Gasteiger partial charge < -0.3 is 5.32 Å². The minimum atomic E-state index is -3.25. The Bertz CT molecular complexity index is 461. The van der Waals surface area contributed by atoms with Crippen molar-refractivity contribution >= 4 is 27.5 Å². The van der Waals surface area contributed by atoms with E-state index in [9.17, 15) is 8.42 Å². The molecule has 0 saturated heterocycles. The van der Waals surface area contributed by atoms with Gasteiger partial charge >= 0.3 is 0 Å². The molecule has 0 unspecified atom stereocenters. The van der Waals surface area contributed by atoms with Gasteiger partial charge in [-0.2, -0.15) is 0 Å². The van der Waals surface area contributed by atoms with E-state index in [1.807, 2.05) is 31.4 Å². The molecule has 0 aromatic heterocycles. The fraction of sp³-hybridized carbons (Fsp3) is 0.500. The molecule has 0 spiro atoms. The molecule has 0 amide bonds. The topological polar surface area (TPSA) is 58.2 Å². The maximum Gasteiger partial charge on any atom is 0.232 e. The molecule has 2 N–H and O–H groups in total. The van der Waals surface area contributed by atoms with Crippen LogP contribution in [0.25, 0.3) is 0 Å². The molecule has 0 bridgehead atoms. The highest BCUT2D eigenvalue weighted by Crippen LogP contribution is 2.25. The van der Waals surface area contributed by atoms with Gasteiger partial charge in [0.1, 0.15) is 0 Å². The molecule has 0 aliphatic rings. The molecule has 0 atom stereocenters. The second-order valence-electron chi connectivity index (χ2n) is 3.83. The first-order valence-corrected chi connectivity index (χ1v) is 8.81. The molecule has 1 aromatic rings. The van der Waals surface area contributed by atoms with Gasteiger partial charge in [-0.25, -0.2) is 8.42 Å². The Labute approximate surface area is 114 Å². The largest absolute Gasteiger partial charge is 0.317 e. The molecule has 18 heavy (non-hydrogen) atoms. The lowest BCUT2D eigenvalue weighted by Crippen LogP contribution is -2.22. The SMILES string of the molecule is CCNCCCS(=O)(=O)Nc1ccccc1SC. The highest BCUT2D eigenvalue weighted by atomic mass is 32.2. The van der Waals surface area contributed by atoms with E-state index in [1.165, 1.54) is 11.8 Å².